The lowest BCUT2D eigenvalue weighted by Gasteiger charge is -2.08. The predicted octanol–water partition coefficient (Wildman–Crippen LogP) is 4.04. The molecular formula is C16H13Cl2N3O2. The maximum absolute atomic E-state index is 12.2. The number of aromatic nitrogens is 3. The van der Waals surface area contributed by atoms with Crippen LogP contribution in [0.1, 0.15) is 16.1 Å². The Bertz CT molecular complexity index is 935. The van der Waals surface area contributed by atoms with Gasteiger partial charge in [0.2, 0.25) is 0 Å². The molecule has 0 aliphatic carbocycles. The minimum Gasteiger partial charge on any atom is -0.465 e. The lowest BCUT2D eigenvalue weighted by molar-refractivity contribution is 0.0603. The average molecular weight is 350 g/mol. The maximum atomic E-state index is 12.2. The fraction of sp³-hybridized carbons (Fsp3) is 0.188. The summed E-state index contributed by atoms with van der Waals surface area (Å²) in [5, 5.41) is 5.99. The first kappa shape index (κ1) is 15.8. The Morgan fingerprint density at radius 1 is 1.26 bits per heavy atom. The van der Waals surface area contributed by atoms with Gasteiger partial charge in [0.05, 0.1) is 34.5 Å². The first-order chi connectivity index (χ1) is 10.9. The topological polar surface area (TPSA) is 57.0 Å². The van der Waals surface area contributed by atoms with Crippen LogP contribution in [0.15, 0.2) is 24.3 Å². The third-order valence-corrected chi connectivity index (χ3v) is 4.13. The molecule has 2 heterocycles. The zero-order valence-electron chi connectivity index (χ0n) is 12.7. The molecule has 1 aromatic carbocycles. The van der Waals surface area contributed by atoms with E-state index in [4.69, 9.17) is 27.9 Å². The number of benzene rings is 1. The van der Waals surface area contributed by atoms with Crippen molar-refractivity contribution in [3.8, 4) is 11.3 Å². The Balaban J connectivity index is 2.35. The van der Waals surface area contributed by atoms with Gasteiger partial charge in [-0.15, -0.1) is 0 Å². The van der Waals surface area contributed by atoms with E-state index in [2.05, 4.69) is 10.1 Å². The number of carbonyl (C=O) groups excluding carboxylic acids is 1. The molecule has 0 saturated carbocycles. The number of hydrogen-bond donors (Lipinski definition) is 0. The lowest BCUT2D eigenvalue weighted by atomic mass is 10.1. The van der Waals surface area contributed by atoms with E-state index in [0.717, 1.165) is 0 Å². The Hall–Kier alpha value is -2.11. The molecule has 0 amide bonds. The number of esters is 1. The minimum atomic E-state index is -0.445. The Kier molecular flexibility index (Phi) is 4.00. The average Bonchev–Trinajstić information content (AvgIpc) is 2.80. The van der Waals surface area contributed by atoms with Gasteiger partial charge in [0.15, 0.2) is 5.65 Å². The van der Waals surface area contributed by atoms with Crippen LogP contribution in [0.2, 0.25) is 10.0 Å². The van der Waals surface area contributed by atoms with Gasteiger partial charge in [-0.25, -0.2) is 9.78 Å². The van der Waals surface area contributed by atoms with E-state index in [1.54, 1.807) is 36.0 Å². The van der Waals surface area contributed by atoms with Crippen molar-refractivity contribution in [2.75, 3.05) is 7.11 Å². The molecule has 0 aliphatic heterocycles. The van der Waals surface area contributed by atoms with Crippen molar-refractivity contribution in [2.45, 2.75) is 6.92 Å². The smallest absolute Gasteiger partial charge is 0.338 e. The first-order valence-electron chi connectivity index (χ1n) is 6.80. The summed E-state index contributed by atoms with van der Waals surface area (Å²) < 4.78 is 6.52. The van der Waals surface area contributed by atoms with Gasteiger partial charge in [0.1, 0.15) is 0 Å². The molecule has 23 heavy (non-hydrogen) atoms. The molecule has 2 aromatic heterocycles. The fourth-order valence-corrected chi connectivity index (χ4v) is 3.06. The van der Waals surface area contributed by atoms with E-state index in [1.807, 2.05) is 6.92 Å². The third kappa shape index (κ3) is 2.66. The SMILES string of the molecule is COC(=O)c1cc(-c2ccc(Cl)cc2Cl)nc2c1c(C)nn2C. The summed E-state index contributed by atoms with van der Waals surface area (Å²) in [6, 6.07) is 6.79. The van der Waals surface area contributed by atoms with Gasteiger partial charge in [-0.3, -0.25) is 4.68 Å². The van der Waals surface area contributed by atoms with E-state index in [-0.39, 0.29) is 0 Å². The van der Waals surface area contributed by atoms with Crippen molar-refractivity contribution >= 4 is 40.2 Å². The second-order valence-electron chi connectivity index (χ2n) is 5.08. The molecular weight excluding hydrogens is 337 g/mol. The van der Waals surface area contributed by atoms with Crippen molar-refractivity contribution in [1.82, 2.24) is 14.8 Å². The Morgan fingerprint density at radius 2 is 2.00 bits per heavy atom. The maximum Gasteiger partial charge on any atom is 0.338 e. The fourth-order valence-electron chi connectivity index (χ4n) is 2.55. The molecule has 3 rings (SSSR count). The van der Waals surface area contributed by atoms with Crippen molar-refractivity contribution in [3.63, 3.8) is 0 Å². The van der Waals surface area contributed by atoms with Crippen LogP contribution in [0.25, 0.3) is 22.3 Å². The van der Waals surface area contributed by atoms with Crippen molar-refractivity contribution < 1.29 is 9.53 Å². The van der Waals surface area contributed by atoms with Gasteiger partial charge in [-0.05, 0) is 31.2 Å². The van der Waals surface area contributed by atoms with Crippen LogP contribution in [0.5, 0.6) is 0 Å². The lowest BCUT2D eigenvalue weighted by Crippen LogP contribution is -2.04. The van der Waals surface area contributed by atoms with Crippen LogP contribution in [0, 0.1) is 6.92 Å². The molecule has 0 unspecified atom stereocenters. The summed E-state index contributed by atoms with van der Waals surface area (Å²) in [4.78, 5) is 16.8. The summed E-state index contributed by atoms with van der Waals surface area (Å²) in [5.74, 6) is -0.445. The standard InChI is InChI=1S/C16H13Cl2N3O2/c1-8-14-11(16(22)23-3)7-13(19-15(14)21(2)20-8)10-5-4-9(17)6-12(10)18/h4-7H,1-3H3. The van der Waals surface area contributed by atoms with Crippen molar-refractivity contribution in [3.05, 3.63) is 45.6 Å². The van der Waals surface area contributed by atoms with Gasteiger partial charge < -0.3 is 4.74 Å². The highest BCUT2D eigenvalue weighted by Gasteiger charge is 2.20. The molecule has 0 saturated heterocycles. The second kappa shape index (κ2) is 5.83. The normalized spacial score (nSPS) is 11.0. The number of hydrogen-bond acceptors (Lipinski definition) is 4. The first-order valence-corrected chi connectivity index (χ1v) is 7.56. The van der Waals surface area contributed by atoms with E-state index in [9.17, 15) is 4.79 Å². The van der Waals surface area contributed by atoms with Crippen molar-refractivity contribution in [2.24, 2.45) is 7.05 Å². The Morgan fingerprint density at radius 3 is 2.65 bits per heavy atom. The summed E-state index contributed by atoms with van der Waals surface area (Å²) >= 11 is 12.2. The van der Waals surface area contributed by atoms with E-state index in [1.165, 1.54) is 7.11 Å². The van der Waals surface area contributed by atoms with Gasteiger partial charge in [-0.1, -0.05) is 23.2 Å². The number of rotatable bonds is 2. The highest BCUT2D eigenvalue weighted by atomic mass is 35.5. The van der Waals surface area contributed by atoms with E-state index < -0.39 is 5.97 Å². The molecule has 0 radical (unpaired) electrons. The molecule has 0 fully saturated rings. The Labute approximate surface area is 142 Å². The zero-order valence-corrected chi connectivity index (χ0v) is 14.2. The molecule has 5 nitrogen and oxygen atoms in total. The summed E-state index contributed by atoms with van der Waals surface area (Å²) in [7, 11) is 3.12. The highest BCUT2D eigenvalue weighted by molar-refractivity contribution is 6.36. The number of fused-ring (bicyclic) bond motifs is 1. The van der Waals surface area contributed by atoms with Crippen LogP contribution in [-0.2, 0) is 11.8 Å². The summed E-state index contributed by atoms with van der Waals surface area (Å²) in [6.07, 6.45) is 0. The third-order valence-electron chi connectivity index (χ3n) is 3.58. The molecule has 0 atom stereocenters. The van der Waals surface area contributed by atoms with Crippen LogP contribution in [0.3, 0.4) is 0 Å². The zero-order chi connectivity index (χ0) is 16.7. The van der Waals surface area contributed by atoms with Crippen LogP contribution in [0.4, 0.5) is 0 Å². The number of methoxy groups -OCH3 is 1. The largest absolute Gasteiger partial charge is 0.465 e. The quantitative estimate of drug-likeness (QED) is 0.655. The highest BCUT2D eigenvalue weighted by Crippen LogP contribution is 2.32. The predicted molar refractivity (Wildman–Crippen MR) is 90.0 cm³/mol. The van der Waals surface area contributed by atoms with Crippen molar-refractivity contribution in [1.29, 1.82) is 0 Å². The van der Waals surface area contributed by atoms with Gasteiger partial charge in [0, 0.05) is 17.6 Å². The van der Waals surface area contributed by atoms with Crippen LogP contribution >= 0.6 is 23.2 Å². The molecule has 118 valence electrons. The molecule has 7 heteroatoms. The van der Waals surface area contributed by atoms with E-state index >= 15 is 0 Å². The number of pyridine rings is 1. The van der Waals surface area contributed by atoms with Gasteiger partial charge in [0.25, 0.3) is 0 Å². The summed E-state index contributed by atoms with van der Waals surface area (Å²) in [6.45, 7) is 1.82. The van der Waals surface area contributed by atoms with Gasteiger partial charge in [-0.2, -0.15) is 5.10 Å². The molecule has 0 N–H and O–H groups in total. The minimum absolute atomic E-state index is 0.407. The number of halogens is 2. The second-order valence-corrected chi connectivity index (χ2v) is 5.92. The summed E-state index contributed by atoms with van der Waals surface area (Å²) in [5.41, 5.74) is 2.95. The number of aryl methyl sites for hydroxylation is 2. The van der Waals surface area contributed by atoms with Crippen LogP contribution in [-0.4, -0.2) is 27.8 Å². The number of carbonyl (C=O) groups is 1. The molecule has 0 aliphatic rings. The molecule has 0 spiro atoms. The molecule has 3 aromatic rings. The number of nitrogens with zero attached hydrogens (tertiary/aromatic N) is 3. The van der Waals surface area contributed by atoms with Gasteiger partial charge >= 0.3 is 5.97 Å². The monoisotopic (exact) mass is 349 g/mol. The van der Waals surface area contributed by atoms with E-state index in [0.29, 0.717) is 43.6 Å². The molecule has 0 bridgehead atoms. The van der Waals surface area contributed by atoms with Crippen LogP contribution < -0.4 is 0 Å². The number of ether oxygens (including phenoxy) is 1.